The first-order valence-electron chi connectivity index (χ1n) is 5.70. The molecule has 0 aliphatic rings. The molecule has 4 heteroatoms. The van der Waals surface area contributed by atoms with E-state index < -0.39 is 0 Å². The molecule has 0 aliphatic carbocycles. The summed E-state index contributed by atoms with van der Waals surface area (Å²) in [5, 5.41) is 4.44. The maximum absolute atomic E-state index is 5.21. The highest BCUT2D eigenvalue weighted by Crippen LogP contribution is 2.26. The minimum Gasteiger partial charge on any atom is -0.497 e. The van der Waals surface area contributed by atoms with Gasteiger partial charge in [-0.3, -0.25) is 0 Å². The molecule has 0 atom stereocenters. The molecule has 0 amide bonds. The summed E-state index contributed by atoms with van der Waals surface area (Å²) >= 11 is 0. The van der Waals surface area contributed by atoms with Gasteiger partial charge in [-0.1, -0.05) is 6.07 Å². The molecule has 0 saturated heterocycles. The Labute approximate surface area is 105 Å². The van der Waals surface area contributed by atoms with E-state index >= 15 is 0 Å². The van der Waals surface area contributed by atoms with Crippen LogP contribution in [0.15, 0.2) is 48.8 Å². The average molecular weight is 239 g/mol. The molecule has 18 heavy (non-hydrogen) atoms. The summed E-state index contributed by atoms with van der Waals surface area (Å²) in [7, 11) is 1.66. The van der Waals surface area contributed by atoms with Crippen molar-refractivity contribution in [1.29, 1.82) is 0 Å². The van der Waals surface area contributed by atoms with Crippen molar-refractivity contribution in [3.05, 3.63) is 48.8 Å². The number of aromatic amines is 1. The Hall–Kier alpha value is -2.49. The second-order valence-corrected chi connectivity index (χ2v) is 3.96. The largest absolute Gasteiger partial charge is 0.497 e. The molecular formula is C14H13N3O. The summed E-state index contributed by atoms with van der Waals surface area (Å²) < 4.78 is 5.21. The van der Waals surface area contributed by atoms with Crippen molar-refractivity contribution in [2.24, 2.45) is 0 Å². The van der Waals surface area contributed by atoms with Crippen LogP contribution in [0.25, 0.3) is 11.0 Å². The molecule has 3 rings (SSSR count). The van der Waals surface area contributed by atoms with Crippen molar-refractivity contribution in [3.8, 4) is 5.75 Å². The fraction of sp³-hybridized carbons (Fsp3) is 0.0714. The minimum atomic E-state index is 0.833. The second kappa shape index (κ2) is 4.41. The predicted octanol–water partition coefficient (Wildman–Crippen LogP) is 3.32. The predicted molar refractivity (Wildman–Crippen MR) is 72.4 cm³/mol. The Kier molecular flexibility index (Phi) is 2.61. The van der Waals surface area contributed by atoms with Crippen molar-refractivity contribution in [3.63, 3.8) is 0 Å². The van der Waals surface area contributed by atoms with Crippen LogP contribution in [0.5, 0.6) is 5.75 Å². The standard InChI is InChI=1S/C14H13N3O/c1-18-11-4-2-3-10(9-11)17-13-6-8-16-14-12(13)5-7-15-14/h2-9H,1H3,(H2,15,16,17). The molecule has 2 heterocycles. The summed E-state index contributed by atoms with van der Waals surface area (Å²) in [5.41, 5.74) is 2.89. The first-order chi connectivity index (χ1) is 8.86. The summed E-state index contributed by atoms with van der Waals surface area (Å²) in [4.78, 5) is 7.35. The third kappa shape index (κ3) is 1.88. The van der Waals surface area contributed by atoms with Gasteiger partial charge in [0.2, 0.25) is 0 Å². The Bertz CT molecular complexity index is 675. The number of hydrogen-bond acceptors (Lipinski definition) is 3. The number of ether oxygens (including phenoxy) is 1. The van der Waals surface area contributed by atoms with Crippen LogP contribution in [0.1, 0.15) is 0 Å². The molecule has 2 N–H and O–H groups in total. The number of rotatable bonds is 3. The van der Waals surface area contributed by atoms with Crippen LogP contribution in [-0.4, -0.2) is 17.1 Å². The first kappa shape index (κ1) is 10.7. The van der Waals surface area contributed by atoms with Gasteiger partial charge in [0, 0.05) is 29.5 Å². The topological polar surface area (TPSA) is 49.9 Å². The first-order valence-corrected chi connectivity index (χ1v) is 5.70. The number of pyridine rings is 1. The van der Waals surface area contributed by atoms with Crippen LogP contribution < -0.4 is 10.1 Å². The van der Waals surface area contributed by atoms with Crippen LogP contribution in [0.4, 0.5) is 11.4 Å². The summed E-state index contributed by atoms with van der Waals surface area (Å²) in [6, 6.07) is 11.8. The Morgan fingerprint density at radius 3 is 3.06 bits per heavy atom. The van der Waals surface area contributed by atoms with E-state index in [4.69, 9.17) is 4.74 Å². The number of aromatic nitrogens is 2. The van der Waals surface area contributed by atoms with Crippen molar-refractivity contribution in [1.82, 2.24) is 9.97 Å². The van der Waals surface area contributed by atoms with Gasteiger partial charge in [0.15, 0.2) is 0 Å². The number of methoxy groups -OCH3 is 1. The number of hydrogen-bond donors (Lipinski definition) is 2. The van der Waals surface area contributed by atoms with Crippen molar-refractivity contribution >= 4 is 22.4 Å². The number of anilines is 2. The molecule has 0 spiro atoms. The SMILES string of the molecule is COc1cccc(Nc2ccnc3[nH]ccc23)c1. The molecule has 1 aromatic carbocycles. The summed E-state index contributed by atoms with van der Waals surface area (Å²) in [5.74, 6) is 0.833. The second-order valence-electron chi connectivity index (χ2n) is 3.96. The molecule has 0 unspecified atom stereocenters. The lowest BCUT2D eigenvalue weighted by Gasteiger charge is -2.08. The highest BCUT2D eigenvalue weighted by Gasteiger charge is 2.03. The average Bonchev–Trinajstić information content (AvgIpc) is 2.88. The lowest BCUT2D eigenvalue weighted by atomic mass is 10.2. The third-order valence-electron chi connectivity index (χ3n) is 2.81. The summed E-state index contributed by atoms with van der Waals surface area (Å²) in [6.45, 7) is 0. The lowest BCUT2D eigenvalue weighted by Crippen LogP contribution is -1.92. The fourth-order valence-corrected chi connectivity index (χ4v) is 1.93. The van der Waals surface area contributed by atoms with E-state index in [9.17, 15) is 0 Å². The van der Waals surface area contributed by atoms with Gasteiger partial charge in [0.25, 0.3) is 0 Å². The van der Waals surface area contributed by atoms with Gasteiger partial charge >= 0.3 is 0 Å². The number of nitrogens with zero attached hydrogens (tertiary/aromatic N) is 1. The zero-order valence-corrected chi connectivity index (χ0v) is 9.97. The monoisotopic (exact) mass is 239 g/mol. The lowest BCUT2D eigenvalue weighted by molar-refractivity contribution is 0.415. The van der Waals surface area contributed by atoms with Gasteiger partial charge in [-0.2, -0.15) is 0 Å². The molecule has 0 radical (unpaired) electrons. The quantitative estimate of drug-likeness (QED) is 0.737. The van der Waals surface area contributed by atoms with E-state index in [1.165, 1.54) is 0 Å². The van der Waals surface area contributed by atoms with Gasteiger partial charge in [0.05, 0.1) is 12.8 Å². The fourth-order valence-electron chi connectivity index (χ4n) is 1.93. The number of benzene rings is 1. The van der Waals surface area contributed by atoms with Crippen LogP contribution in [0.3, 0.4) is 0 Å². The van der Waals surface area contributed by atoms with Crippen LogP contribution in [0, 0.1) is 0 Å². The van der Waals surface area contributed by atoms with Gasteiger partial charge in [-0.15, -0.1) is 0 Å². The maximum atomic E-state index is 5.21. The Morgan fingerprint density at radius 2 is 2.17 bits per heavy atom. The van der Waals surface area contributed by atoms with Gasteiger partial charge in [-0.05, 0) is 24.3 Å². The van der Waals surface area contributed by atoms with E-state index in [1.807, 2.05) is 42.6 Å². The maximum Gasteiger partial charge on any atom is 0.139 e. The van der Waals surface area contributed by atoms with Crippen LogP contribution in [-0.2, 0) is 0 Å². The van der Waals surface area contributed by atoms with Crippen molar-refractivity contribution in [2.45, 2.75) is 0 Å². The minimum absolute atomic E-state index is 0.833. The molecule has 3 aromatic rings. The molecular weight excluding hydrogens is 226 g/mol. The summed E-state index contributed by atoms with van der Waals surface area (Å²) in [6.07, 6.45) is 3.66. The smallest absolute Gasteiger partial charge is 0.139 e. The normalized spacial score (nSPS) is 10.5. The van der Waals surface area contributed by atoms with E-state index in [0.29, 0.717) is 0 Å². The van der Waals surface area contributed by atoms with Gasteiger partial charge in [0.1, 0.15) is 11.4 Å². The van der Waals surface area contributed by atoms with Crippen molar-refractivity contribution < 1.29 is 4.74 Å². The van der Waals surface area contributed by atoms with Crippen LogP contribution >= 0.6 is 0 Å². The number of fused-ring (bicyclic) bond motifs is 1. The van der Waals surface area contributed by atoms with Crippen molar-refractivity contribution in [2.75, 3.05) is 12.4 Å². The highest BCUT2D eigenvalue weighted by atomic mass is 16.5. The molecule has 2 aromatic heterocycles. The van der Waals surface area contributed by atoms with E-state index in [1.54, 1.807) is 13.3 Å². The third-order valence-corrected chi connectivity index (χ3v) is 2.81. The molecule has 4 nitrogen and oxygen atoms in total. The highest BCUT2D eigenvalue weighted by molar-refractivity contribution is 5.91. The van der Waals surface area contributed by atoms with E-state index in [0.717, 1.165) is 28.2 Å². The zero-order valence-electron chi connectivity index (χ0n) is 9.97. The van der Waals surface area contributed by atoms with Crippen LogP contribution in [0.2, 0.25) is 0 Å². The zero-order chi connectivity index (χ0) is 12.4. The van der Waals surface area contributed by atoms with E-state index in [-0.39, 0.29) is 0 Å². The molecule has 90 valence electrons. The molecule has 0 bridgehead atoms. The Morgan fingerprint density at radius 1 is 1.22 bits per heavy atom. The number of H-pyrrole nitrogens is 1. The van der Waals surface area contributed by atoms with E-state index in [2.05, 4.69) is 15.3 Å². The molecule has 0 saturated carbocycles. The van der Waals surface area contributed by atoms with Gasteiger partial charge < -0.3 is 15.0 Å². The Balaban J connectivity index is 1.98. The molecule has 0 fully saturated rings. The van der Waals surface area contributed by atoms with Gasteiger partial charge in [-0.25, -0.2) is 4.98 Å². The number of nitrogens with one attached hydrogen (secondary N) is 2. The molecule has 0 aliphatic heterocycles.